The normalized spacial score (nSPS) is 38.4. The van der Waals surface area contributed by atoms with E-state index >= 15 is 0 Å². The number of benzene rings is 1. The highest BCUT2D eigenvalue weighted by atomic mass is 16.3. The van der Waals surface area contributed by atoms with E-state index in [-0.39, 0.29) is 17.4 Å². The lowest BCUT2D eigenvalue weighted by Gasteiger charge is -2.46. The van der Waals surface area contributed by atoms with Crippen molar-refractivity contribution in [2.75, 3.05) is 19.8 Å². The molecule has 8 heteroatoms. The van der Waals surface area contributed by atoms with Gasteiger partial charge in [0.1, 0.15) is 6.10 Å². The van der Waals surface area contributed by atoms with Crippen molar-refractivity contribution in [3.63, 3.8) is 0 Å². The van der Waals surface area contributed by atoms with E-state index in [0.717, 1.165) is 34.2 Å². The number of imidazole rings is 1. The number of rotatable bonds is 2. The van der Waals surface area contributed by atoms with Gasteiger partial charge in [0, 0.05) is 11.5 Å². The summed E-state index contributed by atoms with van der Waals surface area (Å²) in [6.45, 7) is 2.23. The number of hydrogen-bond acceptors (Lipinski definition) is 7. The SMILES string of the molecule is CN(C)C1CC2(O)CCC3=C(C=C2C(O)C1O)C(O)CC1(C)C(c2ccc4nc(N)[nH]c4c2)=CCC31. The molecule has 0 bridgehead atoms. The quantitative estimate of drug-likeness (QED) is 0.378. The zero-order valence-electron chi connectivity index (χ0n) is 21.1. The smallest absolute Gasteiger partial charge is 0.198 e. The second-order valence-corrected chi connectivity index (χ2v) is 11.7. The van der Waals surface area contributed by atoms with Crippen LogP contribution < -0.4 is 5.73 Å². The molecule has 1 aromatic heterocycles. The number of aromatic amines is 1. The molecule has 8 nitrogen and oxygen atoms in total. The summed E-state index contributed by atoms with van der Waals surface area (Å²) >= 11 is 0. The van der Waals surface area contributed by atoms with Gasteiger partial charge in [-0.1, -0.05) is 30.7 Å². The average Bonchev–Trinajstić information content (AvgIpc) is 3.30. The average molecular weight is 493 g/mol. The van der Waals surface area contributed by atoms with Crippen LogP contribution in [0.1, 0.15) is 44.6 Å². The van der Waals surface area contributed by atoms with Gasteiger partial charge in [0.05, 0.1) is 28.8 Å². The van der Waals surface area contributed by atoms with Gasteiger partial charge in [-0.3, -0.25) is 0 Å². The minimum Gasteiger partial charge on any atom is -0.388 e. The molecule has 2 aromatic rings. The van der Waals surface area contributed by atoms with Crippen LogP contribution in [0.4, 0.5) is 5.95 Å². The molecule has 7 N–H and O–H groups in total. The van der Waals surface area contributed by atoms with E-state index in [1.54, 1.807) is 0 Å². The van der Waals surface area contributed by atoms with E-state index in [4.69, 9.17) is 5.73 Å². The van der Waals surface area contributed by atoms with Gasteiger partial charge in [-0.25, -0.2) is 4.98 Å². The highest BCUT2D eigenvalue weighted by molar-refractivity contribution is 5.84. The first-order valence-corrected chi connectivity index (χ1v) is 12.9. The van der Waals surface area contributed by atoms with Crippen LogP contribution in [0.25, 0.3) is 16.6 Å². The van der Waals surface area contributed by atoms with Gasteiger partial charge < -0.3 is 36.0 Å². The molecule has 1 fully saturated rings. The minimum atomic E-state index is -1.22. The van der Waals surface area contributed by atoms with Crippen LogP contribution in [-0.4, -0.2) is 79.3 Å². The van der Waals surface area contributed by atoms with Crippen molar-refractivity contribution in [1.29, 1.82) is 0 Å². The molecular weight excluding hydrogens is 456 g/mol. The monoisotopic (exact) mass is 492 g/mol. The number of nitrogen functional groups attached to an aromatic ring is 1. The Morgan fingerprint density at radius 3 is 2.69 bits per heavy atom. The van der Waals surface area contributed by atoms with Crippen molar-refractivity contribution >= 4 is 22.6 Å². The summed E-state index contributed by atoms with van der Waals surface area (Å²) in [5.74, 6) is 0.588. The van der Waals surface area contributed by atoms with Crippen molar-refractivity contribution in [2.24, 2.45) is 11.3 Å². The Morgan fingerprint density at radius 1 is 1.17 bits per heavy atom. The Bertz CT molecular complexity index is 1330. The first-order valence-electron chi connectivity index (χ1n) is 12.9. The van der Waals surface area contributed by atoms with E-state index in [0.29, 0.717) is 37.2 Å². The predicted octanol–water partition coefficient (Wildman–Crippen LogP) is 2.12. The molecule has 7 atom stereocenters. The van der Waals surface area contributed by atoms with Gasteiger partial charge in [0.2, 0.25) is 0 Å². The summed E-state index contributed by atoms with van der Waals surface area (Å²) < 4.78 is 0. The highest BCUT2D eigenvalue weighted by Crippen LogP contribution is 2.60. The molecule has 192 valence electrons. The van der Waals surface area contributed by atoms with E-state index in [9.17, 15) is 20.4 Å². The summed E-state index contributed by atoms with van der Waals surface area (Å²) in [5, 5.41) is 45.0. The topological polar surface area (TPSA) is 139 Å². The molecule has 0 aliphatic heterocycles. The fourth-order valence-corrected chi connectivity index (χ4v) is 7.49. The van der Waals surface area contributed by atoms with E-state index in [1.807, 2.05) is 31.1 Å². The Kier molecular flexibility index (Phi) is 5.31. The van der Waals surface area contributed by atoms with E-state index in [1.165, 1.54) is 5.57 Å². The summed E-state index contributed by atoms with van der Waals surface area (Å²) in [4.78, 5) is 9.29. The second-order valence-electron chi connectivity index (χ2n) is 11.7. The second kappa shape index (κ2) is 8.00. The molecule has 1 heterocycles. The maximum Gasteiger partial charge on any atom is 0.198 e. The van der Waals surface area contributed by atoms with Gasteiger partial charge in [0.15, 0.2) is 5.95 Å². The Labute approximate surface area is 210 Å². The largest absolute Gasteiger partial charge is 0.388 e. The molecule has 6 rings (SSSR count). The number of anilines is 1. The summed E-state index contributed by atoms with van der Waals surface area (Å²) in [5.41, 5.74) is 10.8. The number of likely N-dealkylation sites (N-methyl/N-ethyl adjacent to an activating group) is 1. The third kappa shape index (κ3) is 3.35. The fourth-order valence-electron chi connectivity index (χ4n) is 7.49. The maximum atomic E-state index is 11.7. The zero-order valence-corrected chi connectivity index (χ0v) is 21.1. The Balaban J connectivity index is 1.37. The lowest BCUT2D eigenvalue weighted by atomic mass is 9.61. The number of aliphatic hydroxyl groups excluding tert-OH is 3. The standard InChI is InChI=1S/C28H36N4O4/c1-27-13-23(33)16-11-19-24(34)25(35)22(32(2)3)12-28(19,36)9-8-15(16)18(27)6-5-17(27)14-4-7-20-21(10-14)31-26(29)30-20/h4-5,7,10-11,18,22-25,33-36H,6,8-9,12-13H2,1-3H3,(H3,29,30,31). The van der Waals surface area contributed by atoms with E-state index in [2.05, 4.69) is 35.1 Å². The van der Waals surface area contributed by atoms with Crippen LogP contribution in [0.15, 0.2) is 47.1 Å². The number of nitrogens with zero attached hydrogens (tertiary/aromatic N) is 2. The number of nitrogens with two attached hydrogens (primary N) is 1. The number of H-pyrrole nitrogens is 1. The van der Waals surface area contributed by atoms with E-state index < -0.39 is 23.9 Å². The van der Waals surface area contributed by atoms with Crippen LogP contribution in [0.3, 0.4) is 0 Å². The third-order valence-corrected chi connectivity index (χ3v) is 9.42. The lowest BCUT2D eigenvalue weighted by molar-refractivity contribution is -0.0922. The summed E-state index contributed by atoms with van der Waals surface area (Å²) in [6.07, 6.45) is 4.06. The van der Waals surface area contributed by atoms with Gasteiger partial charge in [-0.2, -0.15) is 0 Å². The molecule has 7 unspecified atom stereocenters. The van der Waals surface area contributed by atoms with Gasteiger partial charge in [-0.15, -0.1) is 0 Å². The molecule has 36 heavy (non-hydrogen) atoms. The number of allylic oxidation sites excluding steroid dienone is 3. The van der Waals surface area contributed by atoms with Gasteiger partial charge >= 0.3 is 0 Å². The Hall–Kier alpha value is -2.49. The van der Waals surface area contributed by atoms with Crippen molar-refractivity contribution in [1.82, 2.24) is 14.9 Å². The summed E-state index contributed by atoms with van der Waals surface area (Å²) in [7, 11) is 3.71. The van der Waals surface area contributed by atoms with Crippen LogP contribution in [0.2, 0.25) is 0 Å². The molecule has 4 aliphatic carbocycles. The van der Waals surface area contributed by atoms with Crippen LogP contribution in [0.5, 0.6) is 0 Å². The first-order chi connectivity index (χ1) is 17.0. The number of aromatic nitrogens is 2. The third-order valence-electron chi connectivity index (χ3n) is 9.42. The number of fused-ring (bicyclic) bond motifs is 4. The van der Waals surface area contributed by atoms with Crippen molar-refractivity contribution in [3.05, 3.63) is 52.6 Å². The molecule has 0 saturated heterocycles. The predicted molar refractivity (Wildman–Crippen MR) is 139 cm³/mol. The molecule has 1 saturated carbocycles. The summed E-state index contributed by atoms with van der Waals surface area (Å²) in [6, 6.07) is 5.78. The fraction of sp³-hybridized carbons (Fsp3) is 0.536. The zero-order chi connectivity index (χ0) is 25.6. The minimum absolute atomic E-state index is 0.195. The van der Waals surface area contributed by atoms with Crippen molar-refractivity contribution in [3.8, 4) is 0 Å². The van der Waals surface area contributed by atoms with Gasteiger partial charge in [-0.05, 0) is 86.5 Å². The number of aliphatic hydroxyl groups is 4. The van der Waals surface area contributed by atoms with Crippen molar-refractivity contribution < 1.29 is 20.4 Å². The van der Waals surface area contributed by atoms with Gasteiger partial charge in [0.25, 0.3) is 0 Å². The van der Waals surface area contributed by atoms with Crippen LogP contribution >= 0.6 is 0 Å². The Morgan fingerprint density at radius 2 is 1.94 bits per heavy atom. The molecule has 0 spiro atoms. The maximum absolute atomic E-state index is 11.7. The highest BCUT2D eigenvalue weighted by Gasteiger charge is 2.53. The lowest BCUT2D eigenvalue weighted by Crippen LogP contribution is -2.58. The molecule has 0 radical (unpaired) electrons. The van der Waals surface area contributed by atoms with Crippen LogP contribution in [-0.2, 0) is 0 Å². The van der Waals surface area contributed by atoms with Crippen molar-refractivity contribution in [2.45, 2.75) is 69.0 Å². The molecule has 4 aliphatic rings. The molecule has 0 amide bonds. The number of nitrogens with one attached hydrogen (secondary N) is 1. The van der Waals surface area contributed by atoms with Crippen LogP contribution in [0, 0.1) is 11.3 Å². The number of hydrogen-bond donors (Lipinski definition) is 6. The molecular formula is C28H36N4O4. The first kappa shape index (κ1) is 23.9. The molecule has 1 aromatic carbocycles.